The van der Waals surface area contributed by atoms with Crippen LogP contribution in [0.3, 0.4) is 0 Å². The molecule has 0 aromatic carbocycles. The fourth-order valence-electron chi connectivity index (χ4n) is 3.17. The number of hydrogen-bond acceptors (Lipinski definition) is 4. The number of carboxylic acid groups (broad SMARTS) is 1. The number of rotatable bonds is 4. The van der Waals surface area contributed by atoms with E-state index in [4.69, 9.17) is 10.1 Å². The van der Waals surface area contributed by atoms with Crippen LogP contribution in [-0.2, 0) is 26.4 Å². The maximum Gasteiger partial charge on any atom is 0.345 e. The van der Waals surface area contributed by atoms with Crippen LogP contribution >= 0.6 is 11.3 Å². The van der Waals surface area contributed by atoms with E-state index in [-0.39, 0.29) is 10.8 Å². The molecule has 1 aliphatic carbocycles. The average molecular weight is 347 g/mol. The Labute approximate surface area is 144 Å². The molecule has 0 fully saturated rings. The van der Waals surface area contributed by atoms with Gasteiger partial charge in [-0.25, -0.2) is 9.78 Å². The van der Waals surface area contributed by atoms with Crippen LogP contribution in [0.25, 0.3) is 0 Å². The Morgan fingerprint density at radius 2 is 2.08 bits per heavy atom. The van der Waals surface area contributed by atoms with E-state index in [2.05, 4.69) is 4.57 Å². The molecule has 24 heavy (non-hydrogen) atoms. The minimum atomic E-state index is -0.999. The first-order chi connectivity index (χ1) is 11.4. The van der Waals surface area contributed by atoms with Crippen LogP contribution in [0.2, 0.25) is 0 Å². The van der Waals surface area contributed by atoms with Crippen LogP contribution in [0.4, 0.5) is 0 Å². The third-order valence-electron chi connectivity index (χ3n) is 4.55. The van der Waals surface area contributed by atoms with Crippen LogP contribution in [0.5, 0.6) is 0 Å². The Hall–Kier alpha value is -2.15. The molecule has 2 heterocycles. The number of carbonyl (C=O) groups excluding carboxylic acids is 1. The third-order valence-corrected chi connectivity index (χ3v) is 5.59. The summed E-state index contributed by atoms with van der Waals surface area (Å²) in [7, 11) is 3.73. The van der Waals surface area contributed by atoms with Crippen LogP contribution in [0, 0.1) is 6.92 Å². The molecule has 7 heteroatoms. The second-order valence-corrected chi connectivity index (χ2v) is 7.49. The topological polar surface area (TPSA) is 75.4 Å². The molecule has 6 nitrogen and oxygen atoms in total. The maximum absolute atomic E-state index is 12.7. The Morgan fingerprint density at radius 1 is 1.38 bits per heavy atom. The van der Waals surface area contributed by atoms with Gasteiger partial charge in [-0.3, -0.25) is 4.79 Å². The van der Waals surface area contributed by atoms with Gasteiger partial charge in [-0.2, -0.15) is 0 Å². The molecule has 1 aliphatic rings. The second-order valence-electron chi connectivity index (χ2n) is 6.23. The molecule has 1 N–H and O–H groups in total. The van der Waals surface area contributed by atoms with Crippen LogP contribution in [0.1, 0.15) is 55.0 Å². The first kappa shape index (κ1) is 16.7. The van der Waals surface area contributed by atoms with E-state index in [1.165, 1.54) is 24.6 Å². The normalized spacial score (nSPS) is 13.6. The predicted octanol–water partition coefficient (Wildman–Crippen LogP) is 2.64. The monoisotopic (exact) mass is 347 g/mol. The lowest BCUT2D eigenvalue weighted by molar-refractivity contribution is 0.0702. The number of aryl methyl sites for hydroxylation is 2. The fraction of sp³-hybridized carbons (Fsp3) is 0.471. The van der Waals surface area contributed by atoms with E-state index in [1.54, 1.807) is 18.9 Å². The molecule has 0 spiro atoms. The van der Waals surface area contributed by atoms with E-state index in [0.29, 0.717) is 12.1 Å². The summed E-state index contributed by atoms with van der Waals surface area (Å²) < 4.78 is 2.10. The average Bonchev–Trinajstić information content (AvgIpc) is 3.08. The molecule has 1 amide bonds. The predicted molar refractivity (Wildman–Crippen MR) is 91.7 cm³/mol. The van der Waals surface area contributed by atoms with E-state index in [1.807, 2.05) is 7.05 Å². The van der Waals surface area contributed by atoms with E-state index in [0.717, 1.165) is 40.6 Å². The number of carboxylic acids is 1. The van der Waals surface area contributed by atoms with Crippen LogP contribution in [0.15, 0.2) is 6.07 Å². The third kappa shape index (κ3) is 2.96. The van der Waals surface area contributed by atoms with Gasteiger partial charge in [0.1, 0.15) is 10.7 Å². The first-order valence-electron chi connectivity index (χ1n) is 8.01. The molecule has 0 unspecified atom stereocenters. The first-order valence-corrected chi connectivity index (χ1v) is 8.82. The van der Waals surface area contributed by atoms with Gasteiger partial charge in [0.25, 0.3) is 5.91 Å². The standard InChI is InChI=1S/C17H21N3O3S/c1-10-11(8-14(24-10)17(22)23)16(21)19(2)9-15-18-12-6-4-5-7-13(12)20(15)3/h8H,4-7,9H2,1-3H3,(H,22,23). The van der Waals surface area contributed by atoms with Crippen LogP contribution < -0.4 is 0 Å². The quantitative estimate of drug-likeness (QED) is 0.922. The summed E-state index contributed by atoms with van der Waals surface area (Å²) in [6, 6.07) is 1.46. The number of carbonyl (C=O) groups is 2. The van der Waals surface area contributed by atoms with E-state index in [9.17, 15) is 9.59 Å². The molecular weight excluding hydrogens is 326 g/mol. The van der Waals surface area contributed by atoms with E-state index < -0.39 is 5.97 Å². The van der Waals surface area contributed by atoms with Crippen molar-refractivity contribution in [3.05, 3.63) is 38.6 Å². The summed E-state index contributed by atoms with van der Waals surface area (Å²) in [6.07, 6.45) is 4.41. The number of imidazole rings is 1. The zero-order chi connectivity index (χ0) is 17.4. The number of hydrogen-bond donors (Lipinski definition) is 1. The molecule has 2 aromatic heterocycles. The highest BCUT2D eigenvalue weighted by atomic mass is 32.1. The SMILES string of the molecule is Cc1sc(C(=O)O)cc1C(=O)N(C)Cc1nc2c(n1C)CCCC2. The molecule has 0 radical (unpaired) electrons. The number of aromatic carboxylic acids is 1. The molecular formula is C17H21N3O3S. The Kier molecular flexibility index (Phi) is 4.45. The van der Waals surface area contributed by atoms with Gasteiger partial charge in [0.15, 0.2) is 0 Å². The Morgan fingerprint density at radius 3 is 2.71 bits per heavy atom. The van der Waals surface area contributed by atoms with Gasteiger partial charge >= 0.3 is 5.97 Å². The summed E-state index contributed by atoms with van der Waals surface area (Å²) in [4.78, 5) is 31.0. The highest BCUT2D eigenvalue weighted by Crippen LogP contribution is 2.24. The van der Waals surface area contributed by atoms with Crippen molar-refractivity contribution < 1.29 is 14.7 Å². The van der Waals surface area contributed by atoms with Gasteiger partial charge in [-0.05, 0) is 38.7 Å². The number of fused-ring (bicyclic) bond motifs is 1. The molecule has 128 valence electrons. The highest BCUT2D eigenvalue weighted by molar-refractivity contribution is 7.14. The molecule has 0 atom stereocenters. The number of nitrogens with zero attached hydrogens (tertiary/aromatic N) is 3. The molecule has 2 aromatic rings. The molecule has 0 aliphatic heterocycles. The lowest BCUT2D eigenvalue weighted by Gasteiger charge is -2.17. The van der Waals surface area contributed by atoms with Gasteiger partial charge in [0.05, 0.1) is 17.8 Å². The van der Waals surface area contributed by atoms with Crippen molar-refractivity contribution in [2.45, 2.75) is 39.2 Å². The lowest BCUT2D eigenvalue weighted by atomic mass is 10.0. The number of aromatic nitrogens is 2. The smallest absolute Gasteiger partial charge is 0.345 e. The van der Waals surface area contributed by atoms with Crippen molar-refractivity contribution in [3.8, 4) is 0 Å². The second kappa shape index (κ2) is 6.39. The maximum atomic E-state index is 12.7. The summed E-state index contributed by atoms with van der Waals surface area (Å²) >= 11 is 1.13. The van der Waals surface area contributed by atoms with Crippen molar-refractivity contribution in [2.75, 3.05) is 7.05 Å². The summed E-state index contributed by atoms with van der Waals surface area (Å²) in [5, 5.41) is 9.08. The Balaban J connectivity index is 1.80. The lowest BCUT2D eigenvalue weighted by Crippen LogP contribution is -2.27. The largest absolute Gasteiger partial charge is 0.477 e. The zero-order valence-corrected chi connectivity index (χ0v) is 14.9. The number of thiophene rings is 1. The minimum Gasteiger partial charge on any atom is -0.477 e. The summed E-state index contributed by atoms with van der Waals surface area (Å²) in [5.41, 5.74) is 2.88. The molecule has 0 bridgehead atoms. The number of amides is 1. The molecule has 0 saturated heterocycles. The zero-order valence-electron chi connectivity index (χ0n) is 14.1. The molecule has 3 rings (SSSR count). The van der Waals surface area contributed by atoms with Crippen molar-refractivity contribution in [3.63, 3.8) is 0 Å². The van der Waals surface area contributed by atoms with Crippen molar-refractivity contribution in [2.24, 2.45) is 7.05 Å². The van der Waals surface area contributed by atoms with Crippen molar-refractivity contribution in [1.82, 2.24) is 14.5 Å². The van der Waals surface area contributed by atoms with E-state index >= 15 is 0 Å². The fourth-order valence-corrected chi connectivity index (χ4v) is 4.02. The summed E-state index contributed by atoms with van der Waals surface area (Å²) in [6.45, 7) is 2.19. The summed E-state index contributed by atoms with van der Waals surface area (Å²) in [5.74, 6) is -0.289. The van der Waals surface area contributed by atoms with Gasteiger partial charge in [-0.15, -0.1) is 11.3 Å². The van der Waals surface area contributed by atoms with Crippen molar-refractivity contribution >= 4 is 23.2 Å². The van der Waals surface area contributed by atoms with Gasteiger partial charge in [0, 0.05) is 24.7 Å². The van der Waals surface area contributed by atoms with Gasteiger partial charge < -0.3 is 14.6 Å². The van der Waals surface area contributed by atoms with Gasteiger partial charge in [-0.1, -0.05) is 0 Å². The van der Waals surface area contributed by atoms with Gasteiger partial charge in [0.2, 0.25) is 0 Å². The van der Waals surface area contributed by atoms with Crippen molar-refractivity contribution in [1.29, 1.82) is 0 Å². The Bertz CT molecular complexity index is 806. The minimum absolute atomic E-state index is 0.169. The highest BCUT2D eigenvalue weighted by Gasteiger charge is 2.23. The van der Waals surface area contributed by atoms with Crippen LogP contribution in [-0.4, -0.2) is 38.5 Å². The molecule has 0 saturated carbocycles.